The standard InChI is InChI=1S/C13H13NO7/c15-10(16)7-6-9(11(17)18)14-13(20)21-12(19)8-4-2-1-3-5-8/h1-5,9H,6-7H2,(H,14,20)(H,15,16)(H,17,18)/t9-/m0/s1. The Kier molecular flexibility index (Phi) is 5.87. The number of rotatable bonds is 6. The fourth-order valence-corrected chi connectivity index (χ4v) is 1.41. The van der Waals surface area contributed by atoms with Crippen LogP contribution in [-0.4, -0.2) is 40.3 Å². The zero-order valence-corrected chi connectivity index (χ0v) is 10.8. The van der Waals surface area contributed by atoms with Gasteiger partial charge in [0.1, 0.15) is 6.04 Å². The van der Waals surface area contributed by atoms with E-state index in [4.69, 9.17) is 10.2 Å². The number of benzene rings is 1. The predicted octanol–water partition coefficient (Wildman–Crippen LogP) is 0.871. The molecule has 1 rings (SSSR count). The summed E-state index contributed by atoms with van der Waals surface area (Å²) in [6.45, 7) is 0. The van der Waals surface area contributed by atoms with Crippen LogP contribution in [0.4, 0.5) is 4.79 Å². The Bertz CT molecular complexity index is 541. The molecule has 8 heteroatoms. The molecule has 0 saturated carbocycles. The van der Waals surface area contributed by atoms with Crippen molar-refractivity contribution in [2.75, 3.05) is 0 Å². The first-order chi connectivity index (χ1) is 9.90. The van der Waals surface area contributed by atoms with Gasteiger partial charge in [-0.2, -0.15) is 0 Å². The van der Waals surface area contributed by atoms with Gasteiger partial charge >= 0.3 is 24.0 Å². The number of carbonyl (C=O) groups excluding carboxylic acids is 2. The van der Waals surface area contributed by atoms with E-state index in [0.717, 1.165) is 0 Å². The summed E-state index contributed by atoms with van der Waals surface area (Å²) in [5, 5.41) is 19.2. The van der Waals surface area contributed by atoms with Crippen molar-refractivity contribution in [1.82, 2.24) is 5.32 Å². The Morgan fingerprint density at radius 3 is 2.24 bits per heavy atom. The van der Waals surface area contributed by atoms with Gasteiger partial charge in [-0.05, 0) is 18.6 Å². The van der Waals surface area contributed by atoms with Crippen molar-refractivity contribution in [3.8, 4) is 0 Å². The van der Waals surface area contributed by atoms with Crippen LogP contribution in [-0.2, 0) is 14.3 Å². The van der Waals surface area contributed by atoms with Gasteiger partial charge in [-0.15, -0.1) is 0 Å². The second kappa shape index (κ2) is 7.63. The molecule has 0 unspecified atom stereocenters. The van der Waals surface area contributed by atoms with Gasteiger partial charge < -0.3 is 20.3 Å². The van der Waals surface area contributed by atoms with Crippen LogP contribution < -0.4 is 5.32 Å². The van der Waals surface area contributed by atoms with Gasteiger partial charge in [0.2, 0.25) is 0 Å². The molecule has 0 aromatic heterocycles. The van der Waals surface area contributed by atoms with Crippen molar-refractivity contribution < 1.29 is 34.1 Å². The summed E-state index contributed by atoms with van der Waals surface area (Å²) in [7, 11) is 0. The lowest BCUT2D eigenvalue weighted by Crippen LogP contribution is -2.42. The molecule has 1 atom stereocenters. The quantitative estimate of drug-likeness (QED) is 0.524. The average Bonchev–Trinajstić information content (AvgIpc) is 2.43. The van der Waals surface area contributed by atoms with E-state index >= 15 is 0 Å². The first-order valence-electron chi connectivity index (χ1n) is 5.92. The SMILES string of the molecule is O=C(O)CC[C@H](NC(=O)OC(=O)c1ccccc1)C(=O)O. The molecule has 112 valence electrons. The third kappa shape index (κ3) is 5.72. The third-order valence-corrected chi connectivity index (χ3v) is 2.43. The Morgan fingerprint density at radius 2 is 1.71 bits per heavy atom. The molecule has 1 amide bonds. The number of carbonyl (C=O) groups is 4. The second-order valence-electron chi connectivity index (χ2n) is 4.01. The topological polar surface area (TPSA) is 130 Å². The highest BCUT2D eigenvalue weighted by Crippen LogP contribution is 2.03. The predicted molar refractivity (Wildman–Crippen MR) is 68.7 cm³/mol. The molecule has 0 bridgehead atoms. The number of alkyl carbamates (subject to hydrolysis) is 1. The van der Waals surface area contributed by atoms with E-state index in [-0.39, 0.29) is 12.0 Å². The summed E-state index contributed by atoms with van der Waals surface area (Å²) < 4.78 is 4.42. The monoisotopic (exact) mass is 295 g/mol. The second-order valence-corrected chi connectivity index (χ2v) is 4.01. The number of hydrogen-bond acceptors (Lipinski definition) is 5. The normalized spacial score (nSPS) is 11.2. The van der Waals surface area contributed by atoms with Crippen molar-refractivity contribution in [2.45, 2.75) is 18.9 Å². The molecule has 21 heavy (non-hydrogen) atoms. The number of aliphatic carboxylic acids is 2. The molecule has 0 spiro atoms. The number of amides is 1. The zero-order chi connectivity index (χ0) is 15.8. The Hall–Kier alpha value is -2.90. The van der Waals surface area contributed by atoms with E-state index in [0.29, 0.717) is 0 Å². The maximum atomic E-state index is 11.5. The van der Waals surface area contributed by atoms with Crippen LogP contribution in [0.5, 0.6) is 0 Å². The van der Waals surface area contributed by atoms with Crippen LogP contribution in [0, 0.1) is 0 Å². The molecule has 1 aromatic carbocycles. The highest BCUT2D eigenvalue weighted by atomic mass is 16.6. The van der Waals surface area contributed by atoms with Crippen molar-refractivity contribution in [2.24, 2.45) is 0 Å². The van der Waals surface area contributed by atoms with E-state index in [1.807, 2.05) is 5.32 Å². The number of nitrogens with one attached hydrogen (secondary N) is 1. The number of hydrogen-bond donors (Lipinski definition) is 3. The van der Waals surface area contributed by atoms with Gasteiger partial charge in [0, 0.05) is 6.42 Å². The molecule has 0 heterocycles. The van der Waals surface area contributed by atoms with E-state index < -0.39 is 36.5 Å². The van der Waals surface area contributed by atoms with Crippen molar-refractivity contribution in [1.29, 1.82) is 0 Å². The number of esters is 1. The smallest absolute Gasteiger partial charge is 0.415 e. The summed E-state index contributed by atoms with van der Waals surface area (Å²) in [6.07, 6.45) is -2.01. The molecule has 0 aliphatic rings. The lowest BCUT2D eigenvalue weighted by Gasteiger charge is -2.12. The van der Waals surface area contributed by atoms with Gasteiger partial charge in [0.05, 0.1) is 5.56 Å². The molecule has 0 aliphatic heterocycles. The summed E-state index contributed by atoms with van der Waals surface area (Å²) in [5.41, 5.74) is 0.130. The summed E-state index contributed by atoms with van der Waals surface area (Å²) >= 11 is 0. The Balaban J connectivity index is 2.56. The minimum absolute atomic E-state index is 0.130. The molecule has 0 radical (unpaired) electrons. The van der Waals surface area contributed by atoms with Crippen LogP contribution in [0.3, 0.4) is 0 Å². The molecule has 0 fully saturated rings. The van der Waals surface area contributed by atoms with Crippen molar-refractivity contribution in [3.63, 3.8) is 0 Å². The van der Waals surface area contributed by atoms with Gasteiger partial charge in [-0.1, -0.05) is 18.2 Å². The summed E-state index contributed by atoms with van der Waals surface area (Å²) in [5.74, 6) is -3.55. The van der Waals surface area contributed by atoms with Crippen LogP contribution >= 0.6 is 0 Å². The van der Waals surface area contributed by atoms with E-state index in [1.165, 1.54) is 12.1 Å². The maximum Gasteiger partial charge on any atom is 0.415 e. The first-order valence-corrected chi connectivity index (χ1v) is 5.92. The van der Waals surface area contributed by atoms with Gasteiger partial charge in [0.25, 0.3) is 0 Å². The average molecular weight is 295 g/mol. The molecular weight excluding hydrogens is 282 g/mol. The minimum Gasteiger partial charge on any atom is -0.481 e. The van der Waals surface area contributed by atoms with E-state index in [1.54, 1.807) is 18.2 Å². The minimum atomic E-state index is -1.45. The van der Waals surface area contributed by atoms with Crippen LogP contribution in [0.15, 0.2) is 30.3 Å². The fourth-order valence-electron chi connectivity index (χ4n) is 1.41. The van der Waals surface area contributed by atoms with Gasteiger partial charge in [-0.25, -0.2) is 14.4 Å². The molecule has 8 nitrogen and oxygen atoms in total. The van der Waals surface area contributed by atoms with E-state index in [2.05, 4.69) is 4.74 Å². The largest absolute Gasteiger partial charge is 0.481 e. The van der Waals surface area contributed by atoms with Crippen LogP contribution in [0.2, 0.25) is 0 Å². The summed E-state index contributed by atoms with van der Waals surface area (Å²) in [4.78, 5) is 44.2. The van der Waals surface area contributed by atoms with Crippen molar-refractivity contribution in [3.05, 3.63) is 35.9 Å². The van der Waals surface area contributed by atoms with E-state index in [9.17, 15) is 19.2 Å². The molecule has 0 saturated heterocycles. The summed E-state index contributed by atoms with van der Waals surface area (Å²) in [6, 6.07) is 6.22. The fraction of sp³-hybridized carbons (Fsp3) is 0.231. The Labute approximate surface area is 119 Å². The van der Waals surface area contributed by atoms with Crippen LogP contribution in [0.1, 0.15) is 23.2 Å². The first kappa shape index (κ1) is 16.2. The highest BCUT2D eigenvalue weighted by Gasteiger charge is 2.23. The van der Waals surface area contributed by atoms with Crippen LogP contribution in [0.25, 0.3) is 0 Å². The lowest BCUT2D eigenvalue weighted by molar-refractivity contribution is -0.140. The number of ether oxygens (including phenoxy) is 1. The molecular formula is C13H13NO7. The third-order valence-electron chi connectivity index (χ3n) is 2.43. The zero-order valence-electron chi connectivity index (χ0n) is 10.8. The molecule has 3 N–H and O–H groups in total. The number of carboxylic acids is 2. The number of carboxylic acid groups (broad SMARTS) is 2. The molecule has 0 aliphatic carbocycles. The molecule has 1 aromatic rings. The Morgan fingerprint density at radius 1 is 1.10 bits per heavy atom. The highest BCUT2D eigenvalue weighted by molar-refractivity contribution is 5.97. The van der Waals surface area contributed by atoms with Crippen molar-refractivity contribution >= 4 is 24.0 Å². The lowest BCUT2D eigenvalue weighted by atomic mass is 10.1. The maximum absolute atomic E-state index is 11.5. The van der Waals surface area contributed by atoms with Gasteiger partial charge in [-0.3, -0.25) is 4.79 Å². The van der Waals surface area contributed by atoms with Gasteiger partial charge in [0.15, 0.2) is 0 Å².